The number of rotatable bonds is 7. The lowest BCUT2D eigenvalue weighted by Gasteiger charge is -2.12. The number of amides is 1. The van der Waals surface area contributed by atoms with E-state index in [1.54, 1.807) is 13.0 Å². The predicted molar refractivity (Wildman–Crippen MR) is 77.6 cm³/mol. The zero-order valence-corrected chi connectivity index (χ0v) is 12.0. The third kappa shape index (κ3) is 5.34. The number of carbonyl (C=O) groups excluding carboxylic acids is 1. The second-order valence-corrected chi connectivity index (χ2v) is 5.63. The van der Waals surface area contributed by atoms with Gasteiger partial charge in [-0.1, -0.05) is 25.5 Å². The van der Waals surface area contributed by atoms with Crippen LogP contribution in [0.5, 0.6) is 0 Å². The number of carbonyl (C=O) groups is 2. The van der Waals surface area contributed by atoms with Crippen LogP contribution in [0.25, 0.3) is 0 Å². The van der Waals surface area contributed by atoms with E-state index < -0.39 is 11.2 Å². The predicted octanol–water partition coefficient (Wildman–Crippen LogP) is 3.38. The Hall–Kier alpha value is -1.49. The molecular weight excluding hydrogens is 262 g/mol. The highest BCUT2D eigenvalue weighted by Crippen LogP contribution is 2.30. The normalized spacial score (nSPS) is 11.9. The molecule has 1 aromatic carbocycles. The van der Waals surface area contributed by atoms with Gasteiger partial charge in [0.1, 0.15) is 5.25 Å². The number of nitrogens with one attached hydrogen (secondary N) is 1. The molecule has 1 amide bonds. The summed E-state index contributed by atoms with van der Waals surface area (Å²) in [6.07, 6.45) is 2.32. The van der Waals surface area contributed by atoms with Gasteiger partial charge in [-0.2, -0.15) is 0 Å². The number of aliphatic carboxylic acids is 1. The fraction of sp³-hybridized carbons (Fsp3) is 0.429. The van der Waals surface area contributed by atoms with E-state index in [9.17, 15) is 9.59 Å². The molecule has 0 saturated heterocycles. The van der Waals surface area contributed by atoms with Crippen LogP contribution in [0, 0.1) is 0 Å². The van der Waals surface area contributed by atoms with Gasteiger partial charge in [-0.05, 0) is 25.5 Å². The van der Waals surface area contributed by atoms with Crippen LogP contribution >= 0.6 is 11.8 Å². The molecule has 0 aliphatic rings. The van der Waals surface area contributed by atoms with Crippen LogP contribution in [0.2, 0.25) is 0 Å². The maximum absolute atomic E-state index is 11.7. The molecular formula is C14H19NO3S. The van der Waals surface area contributed by atoms with Crippen LogP contribution in [-0.2, 0) is 9.59 Å². The van der Waals surface area contributed by atoms with E-state index in [1.807, 2.05) is 25.1 Å². The van der Waals surface area contributed by atoms with Gasteiger partial charge in [0.25, 0.3) is 0 Å². The first-order chi connectivity index (χ1) is 9.04. The standard InChI is InChI=1S/C14H19NO3S/c1-3-4-9-13(16)15-11-7-5-6-8-12(11)19-10(2)14(17)18/h5-8,10H,3-4,9H2,1-2H3,(H,15,16)(H,17,18)/t10-/m0/s1. The van der Waals surface area contributed by atoms with Crippen molar-refractivity contribution in [1.29, 1.82) is 0 Å². The fourth-order valence-electron chi connectivity index (χ4n) is 1.46. The monoisotopic (exact) mass is 281 g/mol. The number of carboxylic acids is 1. The second kappa shape index (κ2) is 7.84. The molecule has 0 aliphatic heterocycles. The zero-order valence-electron chi connectivity index (χ0n) is 11.2. The van der Waals surface area contributed by atoms with E-state index in [0.717, 1.165) is 17.7 Å². The average molecular weight is 281 g/mol. The van der Waals surface area contributed by atoms with Crippen molar-refractivity contribution < 1.29 is 14.7 Å². The molecule has 2 N–H and O–H groups in total. The summed E-state index contributed by atoms with van der Waals surface area (Å²) in [6, 6.07) is 7.27. The minimum atomic E-state index is -0.864. The highest BCUT2D eigenvalue weighted by molar-refractivity contribution is 8.00. The molecule has 0 bridgehead atoms. The topological polar surface area (TPSA) is 66.4 Å². The lowest BCUT2D eigenvalue weighted by Crippen LogP contribution is -2.14. The lowest BCUT2D eigenvalue weighted by molar-refractivity contribution is -0.136. The molecule has 0 radical (unpaired) electrons. The van der Waals surface area contributed by atoms with Gasteiger partial charge in [-0.25, -0.2) is 0 Å². The molecule has 104 valence electrons. The Balaban J connectivity index is 2.72. The smallest absolute Gasteiger partial charge is 0.316 e. The summed E-state index contributed by atoms with van der Waals surface area (Å²) in [7, 11) is 0. The molecule has 1 aromatic rings. The summed E-state index contributed by atoms with van der Waals surface area (Å²) in [6.45, 7) is 3.66. The van der Waals surface area contributed by atoms with Gasteiger partial charge in [0.15, 0.2) is 0 Å². The SMILES string of the molecule is CCCCC(=O)Nc1ccccc1S[C@@H](C)C(=O)O. The van der Waals surface area contributed by atoms with Crippen LogP contribution in [0.15, 0.2) is 29.2 Å². The number of thioether (sulfide) groups is 1. The third-order valence-electron chi connectivity index (χ3n) is 2.57. The molecule has 5 heteroatoms. The highest BCUT2D eigenvalue weighted by atomic mass is 32.2. The van der Waals surface area contributed by atoms with Crippen molar-refractivity contribution in [2.24, 2.45) is 0 Å². The van der Waals surface area contributed by atoms with E-state index in [1.165, 1.54) is 11.8 Å². The molecule has 1 rings (SSSR count). The number of unbranched alkanes of at least 4 members (excludes halogenated alkanes) is 1. The minimum Gasteiger partial charge on any atom is -0.480 e. The van der Waals surface area contributed by atoms with E-state index in [2.05, 4.69) is 5.32 Å². The summed E-state index contributed by atoms with van der Waals surface area (Å²) in [5, 5.41) is 11.2. The van der Waals surface area contributed by atoms with Crippen LogP contribution in [0.3, 0.4) is 0 Å². The number of benzene rings is 1. The van der Waals surface area contributed by atoms with Crippen molar-refractivity contribution >= 4 is 29.3 Å². The number of para-hydroxylation sites is 1. The summed E-state index contributed by atoms with van der Waals surface area (Å²) in [5.41, 5.74) is 0.682. The van der Waals surface area contributed by atoms with E-state index in [-0.39, 0.29) is 5.91 Å². The van der Waals surface area contributed by atoms with Gasteiger partial charge in [-0.15, -0.1) is 11.8 Å². The van der Waals surface area contributed by atoms with Gasteiger partial charge in [-0.3, -0.25) is 9.59 Å². The molecule has 0 fully saturated rings. The molecule has 1 atom stereocenters. The van der Waals surface area contributed by atoms with Crippen LogP contribution < -0.4 is 5.32 Å². The summed E-state index contributed by atoms with van der Waals surface area (Å²) >= 11 is 1.23. The van der Waals surface area contributed by atoms with Gasteiger partial charge in [0.05, 0.1) is 5.69 Å². The number of hydrogen-bond acceptors (Lipinski definition) is 3. The summed E-state index contributed by atoms with van der Waals surface area (Å²) in [5.74, 6) is -0.894. The Morgan fingerprint density at radius 2 is 2.05 bits per heavy atom. The molecule has 4 nitrogen and oxygen atoms in total. The third-order valence-corrected chi connectivity index (χ3v) is 3.74. The first-order valence-electron chi connectivity index (χ1n) is 6.33. The Morgan fingerprint density at radius 3 is 2.68 bits per heavy atom. The van der Waals surface area contributed by atoms with Crippen molar-refractivity contribution in [1.82, 2.24) is 0 Å². The van der Waals surface area contributed by atoms with Crippen molar-refractivity contribution in [3.05, 3.63) is 24.3 Å². The van der Waals surface area contributed by atoms with E-state index >= 15 is 0 Å². The van der Waals surface area contributed by atoms with E-state index in [4.69, 9.17) is 5.11 Å². The number of hydrogen-bond donors (Lipinski definition) is 2. The Morgan fingerprint density at radius 1 is 1.37 bits per heavy atom. The summed E-state index contributed by atoms with van der Waals surface area (Å²) in [4.78, 5) is 23.4. The first-order valence-corrected chi connectivity index (χ1v) is 7.21. The van der Waals surface area contributed by atoms with Gasteiger partial charge in [0, 0.05) is 11.3 Å². The van der Waals surface area contributed by atoms with Crippen LogP contribution in [0.4, 0.5) is 5.69 Å². The van der Waals surface area contributed by atoms with Crippen molar-refractivity contribution in [3.63, 3.8) is 0 Å². The van der Waals surface area contributed by atoms with Crippen LogP contribution in [0.1, 0.15) is 33.1 Å². The maximum atomic E-state index is 11.7. The number of anilines is 1. The minimum absolute atomic E-state index is 0.0297. The van der Waals surface area contributed by atoms with Crippen molar-refractivity contribution in [2.75, 3.05) is 5.32 Å². The quantitative estimate of drug-likeness (QED) is 0.752. The van der Waals surface area contributed by atoms with Gasteiger partial charge in [0.2, 0.25) is 5.91 Å². The largest absolute Gasteiger partial charge is 0.480 e. The fourth-order valence-corrected chi connectivity index (χ4v) is 2.35. The Kier molecular flexibility index (Phi) is 6.42. The average Bonchev–Trinajstić information content (AvgIpc) is 2.38. The Bertz CT molecular complexity index is 448. The molecule has 0 heterocycles. The first kappa shape index (κ1) is 15.6. The van der Waals surface area contributed by atoms with Gasteiger partial charge < -0.3 is 10.4 Å². The van der Waals surface area contributed by atoms with Crippen molar-refractivity contribution in [3.8, 4) is 0 Å². The van der Waals surface area contributed by atoms with E-state index in [0.29, 0.717) is 12.1 Å². The Labute approximate surface area is 117 Å². The zero-order chi connectivity index (χ0) is 14.3. The van der Waals surface area contributed by atoms with Crippen LogP contribution in [-0.4, -0.2) is 22.2 Å². The molecule has 0 spiro atoms. The number of carboxylic acid groups (broad SMARTS) is 1. The lowest BCUT2D eigenvalue weighted by atomic mass is 10.2. The summed E-state index contributed by atoms with van der Waals surface area (Å²) < 4.78 is 0. The molecule has 0 aromatic heterocycles. The molecule has 0 saturated carbocycles. The second-order valence-electron chi connectivity index (χ2n) is 4.25. The highest BCUT2D eigenvalue weighted by Gasteiger charge is 2.15. The maximum Gasteiger partial charge on any atom is 0.316 e. The molecule has 0 aliphatic carbocycles. The molecule has 19 heavy (non-hydrogen) atoms. The molecule has 0 unspecified atom stereocenters. The van der Waals surface area contributed by atoms with Gasteiger partial charge >= 0.3 is 5.97 Å². The van der Waals surface area contributed by atoms with Crippen molar-refractivity contribution in [2.45, 2.75) is 43.3 Å².